The van der Waals surface area contributed by atoms with Gasteiger partial charge in [-0.05, 0) is 128 Å². The second-order valence-electron chi connectivity index (χ2n) is 19.2. The minimum absolute atomic E-state index is 0.112. The van der Waals surface area contributed by atoms with E-state index in [4.69, 9.17) is 14.2 Å². The maximum Gasteiger partial charge on any atom is 0.306 e. The van der Waals surface area contributed by atoms with Crippen LogP contribution in [0.5, 0.6) is 0 Å². The molecular formula is C65H108O6. The van der Waals surface area contributed by atoms with Crippen molar-refractivity contribution < 1.29 is 28.6 Å². The topological polar surface area (TPSA) is 78.9 Å². The molecule has 0 aromatic heterocycles. The Balaban J connectivity index is 4.55. The van der Waals surface area contributed by atoms with E-state index in [9.17, 15) is 14.4 Å². The normalized spacial score (nSPS) is 12.9. The summed E-state index contributed by atoms with van der Waals surface area (Å²) in [5.74, 6) is -1.00. The highest BCUT2D eigenvalue weighted by Crippen LogP contribution is 2.13. The summed E-state index contributed by atoms with van der Waals surface area (Å²) >= 11 is 0. The monoisotopic (exact) mass is 985 g/mol. The fourth-order valence-electron chi connectivity index (χ4n) is 7.77. The summed E-state index contributed by atoms with van der Waals surface area (Å²) in [4.78, 5) is 38.2. The molecule has 0 aromatic rings. The number of rotatable bonds is 52. The predicted octanol–water partition coefficient (Wildman–Crippen LogP) is 19.9. The van der Waals surface area contributed by atoms with Crippen molar-refractivity contribution in [2.75, 3.05) is 13.2 Å². The van der Waals surface area contributed by atoms with Gasteiger partial charge in [-0.25, -0.2) is 0 Å². The van der Waals surface area contributed by atoms with Gasteiger partial charge >= 0.3 is 17.9 Å². The molecule has 0 aliphatic heterocycles. The highest BCUT2D eigenvalue weighted by atomic mass is 16.6. The van der Waals surface area contributed by atoms with E-state index >= 15 is 0 Å². The number of carbonyl (C=O) groups is 3. The largest absolute Gasteiger partial charge is 0.462 e. The molecule has 0 spiro atoms. The number of allylic oxidation sites excluding steroid dienone is 18. The van der Waals surface area contributed by atoms with Crippen molar-refractivity contribution in [3.05, 3.63) is 109 Å². The molecule has 71 heavy (non-hydrogen) atoms. The second kappa shape index (κ2) is 58.6. The lowest BCUT2D eigenvalue weighted by molar-refractivity contribution is -0.167. The quantitative estimate of drug-likeness (QED) is 0.0261. The van der Waals surface area contributed by atoms with E-state index in [1.165, 1.54) is 122 Å². The van der Waals surface area contributed by atoms with Crippen molar-refractivity contribution in [2.45, 2.75) is 271 Å². The lowest BCUT2D eigenvalue weighted by Gasteiger charge is -2.18. The van der Waals surface area contributed by atoms with E-state index in [-0.39, 0.29) is 44.0 Å². The van der Waals surface area contributed by atoms with Crippen LogP contribution in [0.2, 0.25) is 0 Å². The van der Waals surface area contributed by atoms with Crippen LogP contribution >= 0.6 is 0 Å². The van der Waals surface area contributed by atoms with Gasteiger partial charge in [-0.15, -0.1) is 0 Å². The van der Waals surface area contributed by atoms with E-state index in [0.29, 0.717) is 19.3 Å². The van der Waals surface area contributed by atoms with Gasteiger partial charge in [0.25, 0.3) is 0 Å². The van der Waals surface area contributed by atoms with E-state index in [2.05, 4.69) is 130 Å². The molecule has 0 N–H and O–H groups in total. The second-order valence-corrected chi connectivity index (χ2v) is 19.2. The number of hydrogen-bond donors (Lipinski definition) is 0. The number of ether oxygens (including phenoxy) is 3. The SMILES string of the molecule is CCCCC/C=C\C/C=C\C/C=C\C/C=C\CCCCCC(=O)O[C@@H](COC(=O)CCC/C=C\C/C=C\C/C=C\CCCCCCCC)COC(=O)CCCCCCCCC/C=C\C/C=C\CCCCC. The van der Waals surface area contributed by atoms with Crippen LogP contribution in [-0.2, 0) is 28.6 Å². The van der Waals surface area contributed by atoms with Gasteiger partial charge in [-0.2, -0.15) is 0 Å². The maximum absolute atomic E-state index is 12.9. The Kier molecular flexibility index (Phi) is 55.4. The van der Waals surface area contributed by atoms with Crippen LogP contribution in [0.3, 0.4) is 0 Å². The van der Waals surface area contributed by atoms with Crippen LogP contribution in [0.1, 0.15) is 265 Å². The zero-order valence-corrected chi connectivity index (χ0v) is 46.2. The van der Waals surface area contributed by atoms with Crippen LogP contribution in [0.4, 0.5) is 0 Å². The fourth-order valence-corrected chi connectivity index (χ4v) is 7.77. The molecular weight excluding hydrogens is 877 g/mol. The summed E-state index contributed by atoms with van der Waals surface area (Å²) in [6.45, 7) is 6.51. The molecule has 0 radical (unpaired) electrons. The molecule has 0 saturated carbocycles. The van der Waals surface area contributed by atoms with Crippen LogP contribution in [-0.4, -0.2) is 37.2 Å². The molecule has 0 aliphatic rings. The molecule has 0 amide bonds. The van der Waals surface area contributed by atoms with E-state index in [0.717, 1.165) is 89.9 Å². The van der Waals surface area contributed by atoms with Gasteiger partial charge in [-0.1, -0.05) is 226 Å². The van der Waals surface area contributed by atoms with Crippen LogP contribution in [0.25, 0.3) is 0 Å². The molecule has 0 unspecified atom stereocenters. The Morgan fingerprint density at radius 2 is 0.521 bits per heavy atom. The summed E-state index contributed by atoms with van der Waals surface area (Å²) in [6.07, 6.45) is 79.4. The summed E-state index contributed by atoms with van der Waals surface area (Å²) in [7, 11) is 0. The molecule has 0 saturated heterocycles. The van der Waals surface area contributed by atoms with Gasteiger partial charge in [0, 0.05) is 19.3 Å². The van der Waals surface area contributed by atoms with Gasteiger partial charge in [-0.3, -0.25) is 14.4 Å². The van der Waals surface area contributed by atoms with Gasteiger partial charge in [0.2, 0.25) is 0 Å². The van der Waals surface area contributed by atoms with Crippen molar-refractivity contribution in [1.29, 1.82) is 0 Å². The standard InChI is InChI=1S/C65H108O6/c1-4-7-10-13-16-19-22-25-28-31-32-35-38-41-44-47-50-53-56-59-65(68)71-62(60-69-63(66)57-54-51-48-45-42-39-36-33-29-26-23-20-17-14-11-8-5-2)61-70-64(67)58-55-52-49-46-43-40-37-34-30-27-24-21-18-15-12-9-6-3/h16-17,19-20,25-30,32,35,37,40-41,44,46,49,62H,4-15,18,21-24,31,33-34,36,38-39,42-43,45,47-48,50-61H2,1-3H3/b19-16-,20-17-,28-25-,29-26-,30-27-,35-32-,40-37-,44-41-,49-46-/t62-/m1/s1. The Morgan fingerprint density at radius 1 is 0.282 bits per heavy atom. The maximum atomic E-state index is 12.9. The summed E-state index contributed by atoms with van der Waals surface area (Å²) < 4.78 is 16.8. The third kappa shape index (κ3) is 56.9. The Hall–Kier alpha value is -3.93. The first kappa shape index (κ1) is 67.1. The molecule has 0 bridgehead atoms. The van der Waals surface area contributed by atoms with Crippen molar-refractivity contribution in [1.82, 2.24) is 0 Å². The average Bonchev–Trinajstić information content (AvgIpc) is 3.37. The third-order valence-corrected chi connectivity index (χ3v) is 12.2. The zero-order valence-electron chi connectivity index (χ0n) is 46.2. The van der Waals surface area contributed by atoms with E-state index < -0.39 is 6.10 Å². The Labute approximate surface area is 438 Å². The highest BCUT2D eigenvalue weighted by molar-refractivity contribution is 5.71. The first-order valence-electron chi connectivity index (χ1n) is 29.4. The van der Waals surface area contributed by atoms with Gasteiger partial charge in [0.15, 0.2) is 6.10 Å². The summed E-state index contributed by atoms with van der Waals surface area (Å²) in [5.41, 5.74) is 0. The van der Waals surface area contributed by atoms with Crippen molar-refractivity contribution in [2.24, 2.45) is 0 Å². The van der Waals surface area contributed by atoms with Crippen molar-refractivity contribution in [3.8, 4) is 0 Å². The van der Waals surface area contributed by atoms with Crippen molar-refractivity contribution in [3.63, 3.8) is 0 Å². The molecule has 404 valence electrons. The first-order chi connectivity index (χ1) is 35.0. The minimum Gasteiger partial charge on any atom is -0.462 e. The fraction of sp³-hybridized carbons (Fsp3) is 0.677. The summed E-state index contributed by atoms with van der Waals surface area (Å²) in [6, 6.07) is 0. The van der Waals surface area contributed by atoms with Crippen LogP contribution < -0.4 is 0 Å². The smallest absolute Gasteiger partial charge is 0.306 e. The Morgan fingerprint density at radius 3 is 0.887 bits per heavy atom. The number of esters is 3. The average molecular weight is 986 g/mol. The molecule has 0 rings (SSSR count). The minimum atomic E-state index is -0.821. The lowest BCUT2D eigenvalue weighted by Crippen LogP contribution is -2.30. The van der Waals surface area contributed by atoms with Crippen LogP contribution in [0.15, 0.2) is 109 Å². The molecule has 0 fully saturated rings. The molecule has 1 atom stereocenters. The lowest BCUT2D eigenvalue weighted by atomic mass is 10.1. The van der Waals surface area contributed by atoms with Crippen LogP contribution in [0, 0.1) is 0 Å². The molecule has 6 nitrogen and oxygen atoms in total. The molecule has 6 heteroatoms. The highest BCUT2D eigenvalue weighted by Gasteiger charge is 2.19. The van der Waals surface area contributed by atoms with Crippen molar-refractivity contribution >= 4 is 17.9 Å². The number of carbonyl (C=O) groups excluding carboxylic acids is 3. The molecule has 0 heterocycles. The third-order valence-electron chi connectivity index (χ3n) is 12.2. The Bertz CT molecular complexity index is 1460. The molecule has 0 aromatic carbocycles. The van der Waals surface area contributed by atoms with Gasteiger partial charge in [0.1, 0.15) is 13.2 Å². The molecule has 0 aliphatic carbocycles. The number of unbranched alkanes of at least 4 members (excludes halogenated alkanes) is 23. The predicted molar refractivity (Wildman–Crippen MR) is 307 cm³/mol. The number of hydrogen-bond acceptors (Lipinski definition) is 6. The van der Waals surface area contributed by atoms with Gasteiger partial charge in [0.05, 0.1) is 0 Å². The first-order valence-corrected chi connectivity index (χ1v) is 29.4. The van der Waals surface area contributed by atoms with Gasteiger partial charge < -0.3 is 14.2 Å². The zero-order chi connectivity index (χ0) is 51.4. The summed E-state index contributed by atoms with van der Waals surface area (Å²) in [5, 5.41) is 0. The van der Waals surface area contributed by atoms with E-state index in [1.54, 1.807) is 0 Å². The van der Waals surface area contributed by atoms with E-state index in [1.807, 2.05) is 0 Å².